The number of carbonyl (C=O) groups is 5. The molecule has 0 aromatic heterocycles. The molecule has 1 saturated heterocycles. The van der Waals surface area contributed by atoms with Gasteiger partial charge in [-0.05, 0) is 60.7 Å². The number of nitrogen functional groups attached to an aromatic ring is 1. The van der Waals surface area contributed by atoms with Gasteiger partial charge in [-0.15, -0.1) is 0 Å². The number of carbonyl (C=O) groups excluding carboxylic acids is 5. The minimum atomic E-state index is -1.12. The summed E-state index contributed by atoms with van der Waals surface area (Å²) in [4.78, 5) is 77.6. The molecule has 3 aromatic carbocycles. The van der Waals surface area contributed by atoms with Gasteiger partial charge in [-0.2, -0.15) is 0 Å². The molecule has 3 aromatic rings. The molecule has 5 amide bonds. The molecule has 0 saturated carbocycles. The van der Waals surface area contributed by atoms with E-state index < -0.39 is 46.7 Å². The van der Waals surface area contributed by atoms with E-state index in [1.807, 2.05) is 0 Å². The van der Waals surface area contributed by atoms with Crippen molar-refractivity contribution in [2.75, 3.05) is 22.9 Å². The molecule has 4 rings (SSSR count). The molecule has 48 heavy (non-hydrogen) atoms. The minimum absolute atomic E-state index is 0.00336. The lowest BCUT2D eigenvalue weighted by molar-refractivity contribution is -0.384. The molecule has 0 aliphatic carbocycles. The van der Waals surface area contributed by atoms with Crippen LogP contribution in [0.2, 0.25) is 0 Å². The van der Waals surface area contributed by atoms with Gasteiger partial charge in [0.05, 0.1) is 10.5 Å². The van der Waals surface area contributed by atoms with Crippen LogP contribution in [0.3, 0.4) is 0 Å². The predicted octanol–water partition coefficient (Wildman–Crippen LogP) is 3.25. The number of nitrogens with zero attached hydrogens (tertiary/aromatic N) is 2. The van der Waals surface area contributed by atoms with E-state index in [0.29, 0.717) is 29.8 Å². The topological polar surface area (TPSA) is 206 Å². The number of likely N-dealkylation sites (tertiary alicyclic amines) is 1. The second-order valence-electron chi connectivity index (χ2n) is 11.9. The number of anilines is 3. The number of benzene rings is 3. The van der Waals surface area contributed by atoms with Gasteiger partial charge in [0.25, 0.3) is 11.6 Å². The molecule has 6 N–H and O–H groups in total. The van der Waals surface area contributed by atoms with E-state index in [4.69, 9.17) is 5.73 Å². The Hall–Kier alpha value is -5.79. The molecule has 0 radical (unpaired) electrons. The molecular weight excluding hydrogens is 618 g/mol. The van der Waals surface area contributed by atoms with Crippen molar-refractivity contribution >= 4 is 52.3 Å². The second-order valence-corrected chi connectivity index (χ2v) is 11.9. The first-order valence-electron chi connectivity index (χ1n) is 15.5. The zero-order valence-corrected chi connectivity index (χ0v) is 26.9. The minimum Gasteiger partial charge on any atom is -0.398 e. The summed E-state index contributed by atoms with van der Waals surface area (Å²) in [6.45, 7) is 5.23. The van der Waals surface area contributed by atoms with Gasteiger partial charge >= 0.3 is 0 Å². The highest BCUT2D eigenvalue weighted by molar-refractivity contribution is 6.02. The predicted molar refractivity (Wildman–Crippen MR) is 180 cm³/mol. The average molecular weight is 658 g/mol. The number of non-ortho nitro benzene ring substituents is 1. The summed E-state index contributed by atoms with van der Waals surface area (Å²) in [6.07, 6.45) is 0.885. The van der Waals surface area contributed by atoms with Gasteiger partial charge in [-0.1, -0.05) is 38.1 Å². The molecule has 3 atom stereocenters. The second kappa shape index (κ2) is 15.7. The summed E-state index contributed by atoms with van der Waals surface area (Å²) >= 11 is 0. The first-order valence-corrected chi connectivity index (χ1v) is 15.5. The summed E-state index contributed by atoms with van der Waals surface area (Å²) in [6, 6.07) is 15.6. The number of hydrogen-bond donors (Lipinski definition) is 5. The standard InChI is InChI=1S/C34H39N7O7/c1-20(2)30(39-31(43)26-7-4-5-8-27(26)35)34(46)40-18-6-9-29(40)33(45)38-28(19-22-10-16-25(17-11-22)41(47)48)32(44)37-24-14-12-23(13-15-24)36-21(3)42/h4-5,7-8,10-17,20,28-30H,6,9,18-19,35H2,1-3H3,(H,36,42)(H,37,44)(H,38,45)(H,39,43)/t28-,29-,30-/m0/s1. The van der Waals surface area contributed by atoms with E-state index in [1.165, 1.54) is 36.1 Å². The number of nitrogens with two attached hydrogens (primary N) is 1. The molecule has 14 nitrogen and oxygen atoms in total. The number of nitro benzene ring substituents is 1. The average Bonchev–Trinajstić information content (AvgIpc) is 3.54. The third-order valence-corrected chi connectivity index (χ3v) is 7.96. The number of rotatable bonds is 12. The Morgan fingerprint density at radius 3 is 2.12 bits per heavy atom. The van der Waals surface area contributed by atoms with Crippen molar-refractivity contribution in [2.45, 2.75) is 58.2 Å². The maximum absolute atomic E-state index is 13.8. The van der Waals surface area contributed by atoms with Gasteiger partial charge in [0.15, 0.2) is 0 Å². The lowest BCUT2D eigenvalue weighted by atomic mass is 10.0. The molecule has 14 heteroatoms. The third-order valence-electron chi connectivity index (χ3n) is 7.96. The van der Waals surface area contributed by atoms with Crippen molar-refractivity contribution < 1.29 is 28.9 Å². The number of para-hydroxylation sites is 1. The zero-order chi connectivity index (χ0) is 35.0. The molecule has 1 aliphatic rings. The number of nitro groups is 1. The van der Waals surface area contributed by atoms with Crippen molar-refractivity contribution in [1.29, 1.82) is 0 Å². The van der Waals surface area contributed by atoms with Gasteiger partial charge in [0, 0.05) is 49.1 Å². The fraction of sp³-hybridized carbons (Fsp3) is 0.324. The van der Waals surface area contributed by atoms with Gasteiger partial charge < -0.3 is 31.9 Å². The normalized spacial score (nSPS) is 15.2. The van der Waals surface area contributed by atoms with E-state index in [2.05, 4.69) is 21.3 Å². The maximum atomic E-state index is 13.8. The smallest absolute Gasteiger partial charge is 0.269 e. The van der Waals surface area contributed by atoms with E-state index in [9.17, 15) is 34.1 Å². The van der Waals surface area contributed by atoms with E-state index in [-0.39, 0.29) is 41.7 Å². The largest absolute Gasteiger partial charge is 0.398 e. The summed E-state index contributed by atoms with van der Waals surface area (Å²) in [5, 5.41) is 22.1. The molecule has 1 fully saturated rings. The highest BCUT2D eigenvalue weighted by Gasteiger charge is 2.40. The Bertz CT molecular complexity index is 1680. The Morgan fingerprint density at radius 2 is 1.54 bits per heavy atom. The molecular formula is C34H39N7O7. The lowest BCUT2D eigenvalue weighted by Crippen LogP contribution is -2.57. The molecule has 252 valence electrons. The maximum Gasteiger partial charge on any atom is 0.269 e. The van der Waals surface area contributed by atoms with Gasteiger partial charge in [0.2, 0.25) is 23.6 Å². The highest BCUT2D eigenvalue weighted by atomic mass is 16.6. The Morgan fingerprint density at radius 1 is 0.917 bits per heavy atom. The van der Waals surface area contributed by atoms with E-state index >= 15 is 0 Å². The third kappa shape index (κ3) is 8.93. The summed E-state index contributed by atoms with van der Waals surface area (Å²) in [5.74, 6) is -2.61. The van der Waals surface area contributed by atoms with Crippen LogP contribution in [-0.4, -0.2) is 64.0 Å². The van der Waals surface area contributed by atoms with Gasteiger partial charge in [-0.25, -0.2) is 0 Å². The van der Waals surface area contributed by atoms with Gasteiger partial charge in [0.1, 0.15) is 18.1 Å². The van der Waals surface area contributed by atoms with Crippen molar-refractivity contribution in [2.24, 2.45) is 5.92 Å². The number of nitrogens with one attached hydrogen (secondary N) is 4. The summed E-state index contributed by atoms with van der Waals surface area (Å²) in [7, 11) is 0. The van der Waals surface area contributed by atoms with Crippen LogP contribution in [0.4, 0.5) is 22.7 Å². The van der Waals surface area contributed by atoms with E-state index in [0.717, 1.165) is 0 Å². The zero-order valence-electron chi connectivity index (χ0n) is 26.9. The van der Waals surface area contributed by atoms with Crippen LogP contribution in [0.25, 0.3) is 0 Å². The van der Waals surface area contributed by atoms with Crippen molar-refractivity contribution in [3.8, 4) is 0 Å². The van der Waals surface area contributed by atoms with Crippen molar-refractivity contribution in [3.05, 3.63) is 94.0 Å². The van der Waals surface area contributed by atoms with Crippen molar-refractivity contribution in [3.63, 3.8) is 0 Å². The first kappa shape index (κ1) is 35.1. The van der Waals surface area contributed by atoms with Crippen LogP contribution in [0.15, 0.2) is 72.8 Å². The highest BCUT2D eigenvalue weighted by Crippen LogP contribution is 2.22. The molecule has 0 bridgehead atoms. The number of amides is 5. The molecule has 1 heterocycles. The van der Waals surface area contributed by atoms with Crippen molar-refractivity contribution in [1.82, 2.24) is 15.5 Å². The lowest BCUT2D eigenvalue weighted by Gasteiger charge is -2.31. The van der Waals surface area contributed by atoms with Gasteiger partial charge in [-0.3, -0.25) is 34.1 Å². The van der Waals surface area contributed by atoms with Crippen LogP contribution >= 0.6 is 0 Å². The Kier molecular flexibility index (Phi) is 11.4. The fourth-order valence-electron chi connectivity index (χ4n) is 5.45. The Labute approximate surface area is 277 Å². The SMILES string of the molecule is CC(=O)Nc1ccc(NC(=O)[C@H](Cc2ccc([N+](=O)[O-])cc2)NC(=O)[C@@H]2CCCN2C(=O)[C@@H](NC(=O)c2ccccc2N)C(C)C)cc1. The number of hydrogen-bond acceptors (Lipinski definition) is 8. The van der Waals surface area contributed by atoms with Crippen LogP contribution < -0.4 is 27.0 Å². The van der Waals surface area contributed by atoms with Crippen LogP contribution in [0.1, 0.15) is 49.5 Å². The van der Waals surface area contributed by atoms with Crippen LogP contribution in [0, 0.1) is 16.0 Å². The molecule has 0 spiro atoms. The molecule has 1 aliphatic heterocycles. The summed E-state index contributed by atoms with van der Waals surface area (Å²) < 4.78 is 0. The fourth-order valence-corrected chi connectivity index (χ4v) is 5.45. The summed E-state index contributed by atoms with van der Waals surface area (Å²) in [5.41, 5.74) is 7.84. The quantitative estimate of drug-likeness (QED) is 0.111. The van der Waals surface area contributed by atoms with Crippen LogP contribution in [0.5, 0.6) is 0 Å². The monoisotopic (exact) mass is 657 g/mol. The van der Waals surface area contributed by atoms with Crippen LogP contribution in [-0.2, 0) is 25.6 Å². The first-order chi connectivity index (χ1) is 22.8. The van der Waals surface area contributed by atoms with E-state index in [1.54, 1.807) is 62.4 Å². The Balaban J connectivity index is 1.52. The molecule has 0 unspecified atom stereocenters.